The lowest BCUT2D eigenvalue weighted by Crippen LogP contribution is -1.99. The van der Waals surface area contributed by atoms with Crippen LogP contribution in [0.1, 0.15) is 22.2 Å². The summed E-state index contributed by atoms with van der Waals surface area (Å²) in [6, 6.07) is 1.79. The van der Waals surface area contributed by atoms with Crippen LogP contribution in [0.5, 0.6) is 0 Å². The molecule has 0 unspecified atom stereocenters. The molecule has 2 rings (SSSR count). The molecule has 0 aliphatic rings. The summed E-state index contributed by atoms with van der Waals surface area (Å²) < 4.78 is 5.75. The molecule has 0 spiro atoms. The first-order chi connectivity index (χ1) is 8.06. The summed E-state index contributed by atoms with van der Waals surface area (Å²) >= 11 is 4.47. The highest BCUT2D eigenvalue weighted by Crippen LogP contribution is 2.42. The Morgan fingerprint density at radius 1 is 1.65 bits per heavy atom. The van der Waals surface area contributed by atoms with Crippen LogP contribution in [0.15, 0.2) is 21.4 Å². The van der Waals surface area contributed by atoms with E-state index in [4.69, 9.17) is 15.3 Å². The van der Waals surface area contributed by atoms with Gasteiger partial charge in [0.15, 0.2) is 4.67 Å². The SMILES string of the molecule is CCc1c(-c2ccoc2Br)sc(C(=O)O)c1N. The highest BCUT2D eigenvalue weighted by Gasteiger charge is 2.22. The number of carbonyl (C=O) groups is 1. The van der Waals surface area contributed by atoms with Crippen LogP contribution < -0.4 is 5.73 Å². The van der Waals surface area contributed by atoms with Crippen molar-refractivity contribution in [3.63, 3.8) is 0 Å². The number of halogens is 1. The summed E-state index contributed by atoms with van der Waals surface area (Å²) in [4.78, 5) is 12.1. The fourth-order valence-corrected chi connectivity index (χ4v) is 3.40. The van der Waals surface area contributed by atoms with Crippen molar-refractivity contribution in [1.29, 1.82) is 0 Å². The van der Waals surface area contributed by atoms with Gasteiger partial charge in [0, 0.05) is 10.4 Å². The normalized spacial score (nSPS) is 10.7. The van der Waals surface area contributed by atoms with Gasteiger partial charge in [-0.25, -0.2) is 4.79 Å². The van der Waals surface area contributed by atoms with Crippen molar-refractivity contribution in [3.8, 4) is 10.4 Å². The largest absolute Gasteiger partial charge is 0.477 e. The third-order valence-corrected chi connectivity index (χ3v) is 4.34. The number of furan rings is 1. The summed E-state index contributed by atoms with van der Waals surface area (Å²) in [5.74, 6) is -0.993. The van der Waals surface area contributed by atoms with Gasteiger partial charge in [-0.3, -0.25) is 0 Å². The van der Waals surface area contributed by atoms with Gasteiger partial charge in [0.2, 0.25) is 0 Å². The van der Waals surface area contributed by atoms with E-state index < -0.39 is 5.97 Å². The van der Waals surface area contributed by atoms with Gasteiger partial charge in [0.1, 0.15) is 4.88 Å². The molecule has 4 nitrogen and oxygen atoms in total. The van der Waals surface area contributed by atoms with Crippen LogP contribution in [-0.2, 0) is 6.42 Å². The van der Waals surface area contributed by atoms with Crippen LogP contribution in [0, 0.1) is 0 Å². The highest BCUT2D eigenvalue weighted by atomic mass is 79.9. The first kappa shape index (κ1) is 12.2. The average molecular weight is 316 g/mol. The number of hydrogen-bond donors (Lipinski definition) is 2. The molecule has 0 amide bonds. The van der Waals surface area contributed by atoms with Gasteiger partial charge in [-0.15, -0.1) is 11.3 Å². The minimum absolute atomic E-state index is 0.185. The number of rotatable bonds is 3. The minimum atomic E-state index is -0.993. The minimum Gasteiger partial charge on any atom is -0.477 e. The number of carboxylic acids is 1. The molecule has 2 heterocycles. The molecule has 0 radical (unpaired) electrons. The van der Waals surface area contributed by atoms with Crippen LogP contribution in [0.2, 0.25) is 0 Å². The number of anilines is 1. The Kier molecular flexibility index (Phi) is 3.26. The first-order valence-corrected chi connectivity index (χ1v) is 6.55. The number of hydrogen-bond acceptors (Lipinski definition) is 4. The number of nitrogen functional groups attached to an aromatic ring is 1. The van der Waals surface area contributed by atoms with Crippen molar-refractivity contribution >= 4 is 38.9 Å². The van der Waals surface area contributed by atoms with Crippen LogP contribution >= 0.6 is 27.3 Å². The Hall–Kier alpha value is -1.27. The van der Waals surface area contributed by atoms with Gasteiger partial charge < -0.3 is 15.3 Å². The van der Waals surface area contributed by atoms with Crippen LogP contribution in [0.3, 0.4) is 0 Å². The van der Waals surface area contributed by atoms with Crippen molar-refractivity contribution in [2.24, 2.45) is 0 Å². The average Bonchev–Trinajstić information content (AvgIpc) is 2.81. The third kappa shape index (κ3) is 1.98. The van der Waals surface area contributed by atoms with Crippen molar-refractivity contribution < 1.29 is 14.3 Å². The van der Waals surface area contributed by atoms with Gasteiger partial charge in [-0.05, 0) is 34.0 Å². The van der Waals surface area contributed by atoms with Crippen LogP contribution in [0.4, 0.5) is 5.69 Å². The molecular weight excluding hydrogens is 306 g/mol. The Bertz CT molecular complexity index is 573. The monoisotopic (exact) mass is 315 g/mol. The Morgan fingerprint density at radius 3 is 2.82 bits per heavy atom. The third-order valence-electron chi connectivity index (χ3n) is 2.46. The summed E-state index contributed by atoms with van der Waals surface area (Å²) in [6.45, 7) is 1.95. The van der Waals surface area contributed by atoms with Gasteiger partial charge >= 0.3 is 5.97 Å². The lowest BCUT2D eigenvalue weighted by Gasteiger charge is -1.99. The van der Waals surface area contributed by atoms with E-state index in [9.17, 15) is 4.79 Å². The summed E-state index contributed by atoms with van der Waals surface area (Å²) in [5.41, 5.74) is 7.91. The zero-order chi connectivity index (χ0) is 12.6. The first-order valence-electron chi connectivity index (χ1n) is 4.94. The number of thiophene rings is 1. The van der Waals surface area contributed by atoms with Crippen LogP contribution in [0.25, 0.3) is 10.4 Å². The molecule has 6 heteroatoms. The topological polar surface area (TPSA) is 76.5 Å². The zero-order valence-corrected chi connectivity index (χ0v) is 11.4. The molecule has 0 bridgehead atoms. The van der Waals surface area contributed by atoms with E-state index in [2.05, 4.69) is 15.9 Å². The predicted octanol–water partition coefficient (Wildman–Crippen LogP) is 3.61. The number of aromatic carboxylic acids is 1. The number of carboxylic acid groups (broad SMARTS) is 1. The molecule has 2 aromatic rings. The number of nitrogens with two attached hydrogens (primary N) is 1. The maximum absolute atomic E-state index is 11.1. The Balaban J connectivity index is 2.66. The molecule has 0 saturated heterocycles. The van der Waals surface area contributed by atoms with Crippen molar-refractivity contribution in [3.05, 3.63) is 27.4 Å². The fourth-order valence-electron chi connectivity index (χ4n) is 1.66. The molecule has 90 valence electrons. The lowest BCUT2D eigenvalue weighted by molar-refractivity contribution is 0.0703. The second-order valence-corrected chi connectivity index (χ2v) is 5.16. The summed E-state index contributed by atoms with van der Waals surface area (Å²) in [6.07, 6.45) is 2.23. The second kappa shape index (κ2) is 4.54. The molecule has 0 fully saturated rings. The molecule has 0 saturated carbocycles. The van der Waals surface area contributed by atoms with Gasteiger partial charge in [0.25, 0.3) is 0 Å². The van der Waals surface area contributed by atoms with E-state index >= 15 is 0 Å². The fraction of sp³-hybridized carbons (Fsp3) is 0.182. The van der Waals surface area contributed by atoms with Crippen molar-refractivity contribution in [1.82, 2.24) is 0 Å². The van der Waals surface area contributed by atoms with Crippen molar-refractivity contribution in [2.75, 3.05) is 5.73 Å². The molecule has 0 atom stereocenters. The summed E-state index contributed by atoms with van der Waals surface area (Å²) in [5, 5.41) is 9.06. The van der Waals surface area contributed by atoms with Crippen LogP contribution in [-0.4, -0.2) is 11.1 Å². The van der Waals surface area contributed by atoms with Gasteiger partial charge in [-0.2, -0.15) is 0 Å². The quantitative estimate of drug-likeness (QED) is 0.907. The molecule has 3 N–H and O–H groups in total. The van der Waals surface area contributed by atoms with E-state index in [1.165, 1.54) is 11.3 Å². The highest BCUT2D eigenvalue weighted by molar-refractivity contribution is 9.10. The second-order valence-electron chi connectivity index (χ2n) is 3.42. The van der Waals surface area contributed by atoms with Gasteiger partial charge in [0.05, 0.1) is 12.0 Å². The molecule has 17 heavy (non-hydrogen) atoms. The molecular formula is C11H10BrNO3S. The Labute approximate surface area is 110 Å². The van der Waals surface area contributed by atoms with E-state index in [1.54, 1.807) is 12.3 Å². The summed E-state index contributed by atoms with van der Waals surface area (Å²) in [7, 11) is 0. The van der Waals surface area contributed by atoms with E-state index in [1.807, 2.05) is 6.92 Å². The van der Waals surface area contributed by atoms with E-state index in [-0.39, 0.29) is 4.88 Å². The van der Waals surface area contributed by atoms with E-state index in [0.717, 1.165) is 16.0 Å². The maximum atomic E-state index is 11.1. The predicted molar refractivity (Wildman–Crippen MR) is 70.5 cm³/mol. The van der Waals surface area contributed by atoms with E-state index in [0.29, 0.717) is 16.8 Å². The molecule has 0 aliphatic carbocycles. The van der Waals surface area contributed by atoms with Gasteiger partial charge in [-0.1, -0.05) is 6.92 Å². The Morgan fingerprint density at radius 2 is 2.35 bits per heavy atom. The smallest absolute Gasteiger partial charge is 0.348 e. The lowest BCUT2D eigenvalue weighted by atomic mass is 10.1. The van der Waals surface area contributed by atoms with Crippen molar-refractivity contribution in [2.45, 2.75) is 13.3 Å². The zero-order valence-electron chi connectivity index (χ0n) is 8.99. The maximum Gasteiger partial charge on any atom is 0.348 e. The molecule has 0 aromatic carbocycles. The molecule has 0 aliphatic heterocycles. The molecule has 2 aromatic heterocycles. The standard InChI is InChI=1S/C11H10BrNO3S/c1-2-5-7(13)9(11(14)15)17-8(5)6-3-4-16-10(6)12/h3-4H,2,13H2,1H3,(H,14,15).